The van der Waals surface area contributed by atoms with Crippen molar-refractivity contribution >= 4 is 44.9 Å². The average Bonchev–Trinajstić information content (AvgIpc) is 3.40. The van der Waals surface area contributed by atoms with Crippen molar-refractivity contribution in [1.29, 1.82) is 5.26 Å². The molecule has 0 saturated heterocycles. The summed E-state index contributed by atoms with van der Waals surface area (Å²) in [5.41, 5.74) is 1.03. The summed E-state index contributed by atoms with van der Waals surface area (Å²) >= 11 is 2.59. The molecule has 2 heterocycles. The molecular formula is C19H16N4O2S2. The minimum absolute atomic E-state index is 0.0526. The molecule has 136 valence electrons. The Labute approximate surface area is 163 Å². The van der Waals surface area contributed by atoms with E-state index in [1.807, 2.05) is 18.2 Å². The van der Waals surface area contributed by atoms with Crippen LogP contribution in [0.4, 0.5) is 5.00 Å². The van der Waals surface area contributed by atoms with Crippen molar-refractivity contribution < 1.29 is 4.79 Å². The van der Waals surface area contributed by atoms with E-state index in [9.17, 15) is 9.59 Å². The van der Waals surface area contributed by atoms with Gasteiger partial charge in [-0.3, -0.25) is 14.2 Å². The van der Waals surface area contributed by atoms with E-state index in [4.69, 9.17) is 5.26 Å². The Kier molecular flexibility index (Phi) is 4.72. The van der Waals surface area contributed by atoms with Gasteiger partial charge in [-0.1, -0.05) is 23.9 Å². The van der Waals surface area contributed by atoms with Gasteiger partial charge in [0.25, 0.3) is 5.56 Å². The minimum Gasteiger partial charge on any atom is -0.316 e. The summed E-state index contributed by atoms with van der Waals surface area (Å²) in [4.78, 5) is 30.1. The van der Waals surface area contributed by atoms with Crippen LogP contribution in [-0.4, -0.2) is 20.7 Å². The Morgan fingerprint density at radius 1 is 1.41 bits per heavy atom. The highest BCUT2D eigenvalue weighted by Gasteiger charge is 2.30. The highest BCUT2D eigenvalue weighted by Crippen LogP contribution is 2.37. The summed E-state index contributed by atoms with van der Waals surface area (Å²) in [6, 6.07) is 11.2. The number of nitrogens with zero attached hydrogens (tertiary/aromatic N) is 3. The molecular weight excluding hydrogens is 380 g/mol. The zero-order chi connectivity index (χ0) is 19.0. The molecule has 1 amide bonds. The van der Waals surface area contributed by atoms with Gasteiger partial charge in [0.05, 0.1) is 21.7 Å². The first kappa shape index (κ1) is 17.8. The van der Waals surface area contributed by atoms with E-state index >= 15 is 0 Å². The number of carbonyl (C=O) groups is 1. The molecule has 0 unspecified atom stereocenters. The van der Waals surface area contributed by atoms with Crippen LogP contribution < -0.4 is 10.9 Å². The minimum atomic E-state index is -0.461. The lowest BCUT2D eigenvalue weighted by Crippen LogP contribution is -2.26. The zero-order valence-electron chi connectivity index (χ0n) is 14.5. The predicted molar refractivity (Wildman–Crippen MR) is 107 cm³/mol. The third-order valence-electron chi connectivity index (χ3n) is 4.36. The molecule has 0 radical (unpaired) electrons. The van der Waals surface area contributed by atoms with E-state index in [0.29, 0.717) is 26.6 Å². The molecule has 1 saturated carbocycles. The molecule has 1 N–H and O–H groups in total. The van der Waals surface area contributed by atoms with Crippen molar-refractivity contribution in [2.45, 2.75) is 36.2 Å². The molecule has 6 nitrogen and oxygen atoms in total. The first-order chi connectivity index (χ1) is 13.1. The molecule has 1 aliphatic carbocycles. The Hall–Kier alpha value is -2.63. The van der Waals surface area contributed by atoms with Gasteiger partial charge < -0.3 is 5.32 Å². The molecule has 1 atom stereocenters. The van der Waals surface area contributed by atoms with Crippen LogP contribution in [0.15, 0.2) is 45.7 Å². The molecule has 8 heteroatoms. The molecule has 27 heavy (non-hydrogen) atoms. The number of aromatic nitrogens is 2. The third kappa shape index (κ3) is 3.48. The van der Waals surface area contributed by atoms with Gasteiger partial charge >= 0.3 is 0 Å². The van der Waals surface area contributed by atoms with Gasteiger partial charge in [0.1, 0.15) is 11.1 Å². The predicted octanol–water partition coefficient (Wildman–Crippen LogP) is 3.78. The van der Waals surface area contributed by atoms with Gasteiger partial charge in [0, 0.05) is 6.04 Å². The lowest BCUT2D eigenvalue weighted by atomic mass is 10.2. The fourth-order valence-corrected chi connectivity index (χ4v) is 4.50. The Balaban J connectivity index is 1.63. The second-order valence-electron chi connectivity index (χ2n) is 6.34. The van der Waals surface area contributed by atoms with Crippen molar-refractivity contribution in [3.8, 4) is 6.07 Å². The average molecular weight is 396 g/mol. The van der Waals surface area contributed by atoms with Gasteiger partial charge in [-0.15, -0.1) is 11.3 Å². The summed E-state index contributed by atoms with van der Waals surface area (Å²) < 4.78 is 1.72. The van der Waals surface area contributed by atoms with Gasteiger partial charge in [0.15, 0.2) is 5.16 Å². The van der Waals surface area contributed by atoms with Crippen molar-refractivity contribution in [2.75, 3.05) is 5.32 Å². The van der Waals surface area contributed by atoms with Crippen LogP contribution in [0.2, 0.25) is 0 Å². The number of anilines is 1. The fraction of sp³-hybridized carbons (Fsp3) is 0.263. The van der Waals surface area contributed by atoms with E-state index in [1.165, 1.54) is 23.1 Å². The first-order valence-electron chi connectivity index (χ1n) is 8.55. The summed E-state index contributed by atoms with van der Waals surface area (Å²) in [5, 5.41) is 14.9. The standard InChI is InChI=1S/C19H16N4O2S2/c1-11(16(24)22-17-12(10-20)8-9-26-17)27-19-21-15-5-3-2-4-14(15)18(25)23(19)13-6-7-13/h2-5,8-9,11,13H,6-7H2,1H3,(H,22,24)/t11-/m0/s1. The Morgan fingerprint density at radius 3 is 2.93 bits per heavy atom. The van der Waals surface area contributed by atoms with E-state index in [0.717, 1.165) is 12.8 Å². The number of nitrogens with one attached hydrogen (secondary N) is 1. The topological polar surface area (TPSA) is 87.8 Å². The SMILES string of the molecule is C[C@H](Sc1nc2ccccc2c(=O)n1C1CC1)C(=O)Nc1sccc1C#N. The van der Waals surface area contributed by atoms with E-state index < -0.39 is 5.25 Å². The van der Waals surface area contributed by atoms with E-state index in [2.05, 4.69) is 16.4 Å². The lowest BCUT2D eigenvalue weighted by Gasteiger charge is -2.15. The number of fused-ring (bicyclic) bond motifs is 1. The number of thioether (sulfide) groups is 1. The molecule has 1 aliphatic rings. The van der Waals surface area contributed by atoms with Crippen molar-refractivity contribution in [2.24, 2.45) is 0 Å². The second kappa shape index (κ2) is 7.18. The zero-order valence-corrected chi connectivity index (χ0v) is 16.1. The monoisotopic (exact) mass is 396 g/mol. The first-order valence-corrected chi connectivity index (χ1v) is 10.3. The number of amides is 1. The smallest absolute Gasteiger partial charge is 0.262 e. The van der Waals surface area contributed by atoms with Crippen LogP contribution in [0.25, 0.3) is 10.9 Å². The molecule has 4 rings (SSSR count). The number of carbonyl (C=O) groups excluding carboxylic acids is 1. The number of para-hydroxylation sites is 1. The highest BCUT2D eigenvalue weighted by molar-refractivity contribution is 8.00. The number of hydrogen-bond donors (Lipinski definition) is 1. The Bertz CT molecular complexity index is 1120. The quantitative estimate of drug-likeness (QED) is 0.524. The second-order valence-corrected chi connectivity index (χ2v) is 8.57. The molecule has 0 bridgehead atoms. The summed E-state index contributed by atoms with van der Waals surface area (Å²) in [6.07, 6.45) is 1.91. The van der Waals surface area contributed by atoms with Crippen LogP contribution in [-0.2, 0) is 4.79 Å². The number of nitriles is 1. The van der Waals surface area contributed by atoms with Crippen LogP contribution in [0.5, 0.6) is 0 Å². The number of hydrogen-bond acceptors (Lipinski definition) is 6. The van der Waals surface area contributed by atoms with Crippen LogP contribution >= 0.6 is 23.1 Å². The van der Waals surface area contributed by atoms with E-state index in [-0.39, 0.29) is 17.5 Å². The highest BCUT2D eigenvalue weighted by atomic mass is 32.2. The van der Waals surface area contributed by atoms with Crippen molar-refractivity contribution in [3.05, 3.63) is 51.6 Å². The molecule has 3 aromatic rings. The van der Waals surface area contributed by atoms with Gasteiger partial charge in [-0.25, -0.2) is 4.98 Å². The maximum absolute atomic E-state index is 12.9. The largest absolute Gasteiger partial charge is 0.316 e. The lowest BCUT2D eigenvalue weighted by molar-refractivity contribution is -0.115. The summed E-state index contributed by atoms with van der Waals surface area (Å²) in [6.45, 7) is 1.78. The number of rotatable bonds is 5. The molecule has 0 aliphatic heterocycles. The van der Waals surface area contributed by atoms with Crippen molar-refractivity contribution in [1.82, 2.24) is 9.55 Å². The van der Waals surface area contributed by atoms with E-state index in [1.54, 1.807) is 29.0 Å². The Morgan fingerprint density at radius 2 is 2.19 bits per heavy atom. The van der Waals surface area contributed by atoms with Gasteiger partial charge in [-0.05, 0) is 43.3 Å². The maximum atomic E-state index is 12.9. The van der Waals surface area contributed by atoms with Gasteiger partial charge in [-0.2, -0.15) is 5.26 Å². The third-order valence-corrected chi connectivity index (χ3v) is 6.26. The fourth-order valence-electron chi connectivity index (χ4n) is 2.78. The van der Waals surface area contributed by atoms with Crippen LogP contribution in [0, 0.1) is 11.3 Å². The summed E-state index contributed by atoms with van der Waals surface area (Å²) in [7, 11) is 0. The normalized spacial score (nSPS) is 14.7. The number of benzene rings is 1. The molecule has 2 aromatic heterocycles. The molecule has 1 fully saturated rings. The summed E-state index contributed by atoms with van der Waals surface area (Å²) in [5.74, 6) is -0.219. The van der Waals surface area contributed by atoms with Crippen molar-refractivity contribution in [3.63, 3.8) is 0 Å². The number of thiophene rings is 1. The molecule has 1 aromatic carbocycles. The van der Waals surface area contributed by atoms with Crippen LogP contribution in [0.1, 0.15) is 31.4 Å². The molecule has 0 spiro atoms. The van der Waals surface area contributed by atoms with Crippen LogP contribution in [0.3, 0.4) is 0 Å². The maximum Gasteiger partial charge on any atom is 0.262 e. The van der Waals surface area contributed by atoms with Gasteiger partial charge in [0.2, 0.25) is 5.91 Å².